The normalized spacial score (nSPS) is 12.0. The Morgan fingerprint density at radius 1 is 0.919 bits per heavy atom. The van der Waals surface area contributed by atoms with Gasteiger partial charge in [-0.15, -0.1) is 5.10 Å². The van der Waals surface area contributed by atoms with Gasteiger partial charge in [-0.05, 0) is 57.5 Å². The van der Waals surface area contributed by atoms with Gasteiger partial charge in [0.05, 0.1) is 11.0 Å². The summed E-state index contributed by atoms with van der Waals surface area (Å²) in [7, 11) is -3.93. The van der Waals surface area contributed by atoms with E-state index in [2.05, 4.69) is 16.3 Å². The van der Waals surface area contributed by atoms with Crippen molar-refractivity contribution in [2.24, 2.45) is 5.10 Å². The molecule has 0 aliphatic carbocycles. The maximum absolute atomic E-state index is 13.5. The Morgan fingerprint density at radius 2 is 1.49 bits per heavy atom. The molecule has 8 nitrogen and oxygen atoms in total. The van der Waals surface area contributed by atoms with Crippen LogP contribution >= 0.6 is 0 Å². The lowest BCUT2D eigenvalue weighted by Crippen LogP contribution is -2.49. The number of hydrogen-bond donors (Lipinski definition) is 2. The molecule has 1 unspecified atom stereocenters. The molecule has 0 heterocycles. The predicted octanol–water partition coefficient (Wildman–Crippen LogP) is 4.10. The van der Waals surface area contributed by atoms with Crippen LogP contribution in [-0.2, 0) is 19.6 Å². The van der Waals surface area contributed by atoms with Crippen molar-refractivity contribution >= 4 is 33.4 Å². The number of anilines is 1. The number of carbonyl (C=O) groups excluding carboxylic acids is 2. The molecule has 0 aromatic heterocycles. The van der Waals surface area contributed by atoms with Crippen molar-refractivity contribution < 1.29 is 18.0 Å². The fourth-order valence-electron chi connectivity index (χ4n) is 3.50. The van der Waals surface area contributed by atoms with Crippen LogP contribution in [0.25, 0.3) is 0 Å². The highest BCUT2D eigenvalue weighted by Crippen LogP contribution is 2.28. The summed E-state index contributed by atoms with van der Waals surface area (Å²) in [4.78, 5) is 30.3. The molecule has 192 valence electrons. The van der Waals surface area contributed by atoms with Crippen LogP contribution in [-0.4, -0.2) is 31.6 Å². The molecule has 2 amide bonds. The van der Waals surface area contributed by atoms with Gasteiger partial charge < -0.3 is 5.32 Å². The van der Waals surface area contributed by atoms with Gasteiger partial charge in [0.15, 0.2) is 0 Å². The molecule has 1 atom stereocenters. The topological polar surface area (TPSA) is 108 Å². The Kier molecular flexibility index (Phi) is 8.65. The number of sulfonamides is 1. The fraction of sp³-hybridized carbons (Fsp3) is 0.214. The summed E-state index contributed by atoms with van der Waals surface area (Å²) in [5.41, 5.74) is 1.45. The maximum atomic E-state index is 13.5. The van der Waals surface area contributed by atoms with Crippen LogP contribution < -0.4 is 15.0 Å². The van der Waals surface area contributed by atoms with Crippen LogP contribution in [0.4, 0.5) is 5.69 Å². The zero-order valence-electron chi connectivity index (χ0n) is 21.2. The number of benzene rings is 3. The minimum atomic E-state index is -3.93. The van der Waals surface area contributed by atoms with Crippen LogP contribution in [0.5, 0.6) is 0 Å². The van der Waals surface area contributed by atoms with Gasteiger partial charge in [0, 0.05) is 17.1 Å². The van der Waals surface area contributed by atoms with Gasteiger partial charge in [0.1, 0.15) is 6.04 Å². The molecular formula is C28H30N4O4S. The second kappa shape index (κ2) is 11.7. The number of carbonyl (C=O) groups is 2. The SMILES string of the molecule is Cc1ccc(S(=O)(=O)NN=C=CC(=O)N(c2ccccc2)C(C(=O)NC(C)(C)C)c2ccccc2)cc1. The van der Waals surface area contributed by atoms with Crippen molar-refractivity contribution in [1.29, 1.82) is 0 Å². The summed E-state index contributed by atoms with van der Waals surface area (Å²) >= 11 is 0. The van der Waals surface area contributed by atoms with Gasteiger partial charge in [-0.2, -0.15) is 13.2 Å². The fourth-order valence-corrected chi connectivity index (χ4v) is 4.27. The van der Waals surface area contributed by atoms with Crippen molar-refractivity contribution in [3.63, 3.8) is 0 Å². The first-order valence-electron chi connectivity index (χ1n) is 11.6. The molecular weight excluding hydrogens is 488 g/mol. The van der Waals surface area contributed by atoms with E-state index in [1.54, 1.807) is 66.7 Å². The van der Waals surface area contributed by atoms with E-state index >= 15 is 0 Å². The summed E-state index contributed by atoms with van der Waals surface area (Å²) in [6.07, 6.45) is 0.991. The molecule has 0 saturated heterocycles. The lowest BCUT2D eigenvalue weighted by atomic mass is 10.0. The summed E-state index contributed by atoms with van der Waals surface area (Å²) in [6.45, 7) is 7.41. The molecule has 2 N–H and O–H groups in total. The molecule has 0 aliphatic rings. The zero-order chi connectivity index (χ0) is 27.1. The Morgan fingerprint density at radius 3 is 2.05 bits per heavy atom. The van der Waals surface area contributed by atoms with Crippen molar-refractivity contribution in [2.45, 2.75) is 44.2 Å². The number of nitrogens with zero attached hydrogens (tertiary/aromatic N) is 2. The number of amides is 2. The van der Waals surface area contributed by atoms with Crippen LogP contribution in [0.1, 0.15) is 37.9 Å². The van der Waals surface area contributed by atoms with E-state index < -0.39 is 27.5 Å². The number of nitrogens with one attached hydrogen (secondary N) is 2. The Bertz CT molecular complexity index is 1390. The molecule has 0 bridgehead atoms. The average molecular weight is 519 g/mol. The lowest BCUT2D eigenvalue weighted by molar-refractivity contribution is -0.126. The third-order valence-corrected chi connectivity index (χ3v) is 6.37. The molecule has 0 aliphatic heterocycles. The molecule has 9 heteroatoms. The predicted molar refractivity (Wildman–Crippen MR) is 145 cm³/mol. The first-order valence-corrected chi connectivity index (χ1v) is 13.1. The maximum Gasteiger partial charge on any atom is 0.277 e. The molecule has 0 saturated carbocycles. The van der Waals surface area contributed by atoms with Gasteiger partial charge in [0.25, 0.3) is 15.9 Å². The van der Waals surface area contributed by atoms with E-state index in [9.17, 15) is 18.0 Å². The smallest absolute Gasteiger partial charge is 0.277 e. The van der Waals surface area contributed by atoms with E-state index in [1.165, 1.54) is 17.0 Å². The van der Waals surface area contributed by atoms with Gasteiger partial charge in [-0.25, -0.2) is 0 Å². The largest absolute Gasteiger partial charge is 0.349 e. The van der Waals surface area contributed by atoms with E-state index in [0.29, 0.717) is 11.3 Å². The highest BCUT2D eigenvalue weighted by molar-refractivity contribution is 7.89. The summed E-state index contributed by atoms with van der Waals surface area (Å²) in [6, 6.07) is 22.9. The number of aryl methyl sites for hydroxylation is 1. The molecule has 3 aromatic carbocycles. The van der Waals surface area contributed by atoms with Gasteiger partial charge >= 0.3 is 0 Å². The van der Waals surface area contributed by atoms with Crippen LogP contribution in [0, 0.1) is 6.92 Å². The summed E-state index contributed by atoms with van der Waals surface area (Å²) in [5.74, 6) is 1.37. The molecule has 3 aromatic rings. The summed E-state index contributed by atoms with van der Waals surface area (Å²) < 4.78 is 24.9. The minimum Gasteiger partial charge on any atom is -0.349 e. The second-order valence-electron chi connectivity index (χ2n) is 9.39. The molecule has 37 heavy (non-hydrogen) atoms. The van der Waals surface area contributed by atoms with Gasteiger partial charge in [-0.1, -0.05) is 66.2 Å². The van der Waals surface area contributed by atoms with Crippen molar-refractivity contribution in [3.8, 4) is 0 Å². The monoisotopic (exact) mass is 518 g/mol. The average Bonchev–Trinajstić information content (AvgIpc) is 2.85. The first-order chi connectivity index (χ1) is 17.5. The van der Waals surface area contributed by atoms with E-state index in [-0.39, 0.29) is 10.8 Å². The Hall–Kier alpha value is -4.20. The van der Waals surface area contributed by atoms with E-state index in [1.807, 2.05) is 38.6 Å². The van der Waals surface area contributed by atoms with E-state index in [0.717, 1.165) is 11.6 Å². The number of para-hydroxylation sites is 1. The minimum absolute atomic E-state index is 0.0314. The Labute approximate surface area is 217 Å². The van der Waals surface area contributed by atoms with Crippen molar-refractivity contribution in [1.82, 2.24) is 10.1 Å². The van der Waals surface area contributed by atoms with Crippen LogP contribution in [0.15, 0.2) is 101 Å². The second-order valence-corrected chi connectivity index (χ2v) is 11.1. The van der Waals surface area contributed by atoms with E-state index in [4.69, 9.17) is 0 Å². The quantitative estimate of drug-likeness (QED) is 0.266. The lowest BCUT2D eigenvalue weighted by Gasteiger charge is -2.33. The third kappa shape index (κ3) is 7.64. The number of hydrogen-bond acceptors (Lipinski definition) is 5. The highest BCUT2D eigenvalue weighted by atomic mass is 32.2. The molecule has 0 fully saturated rings. The molecule has 0 radical (unpaired) electrons. The zero-order valence-corrected chi connectivity index (χ0v) is 22.0. The van der Waals surface area contributed by atoms with Crippen molar-refractivity contribution in [2.75, 3.05) is 4.90 Å². The molecule has 3 rings (SSSR count). The standard InChI is InChI=1S/C28H30N4O4S/c1-21-15-17-24(18-16-21)37(35,36)31-29-20-19-25(33)32(23-13-9-6-10-14-23)26(22-11-7-5-8-12-22)27(34)30-28(2,3)4/h5-19,26,31H,1-4H3,(H,30,34). The van der Waals surface area contributed by atoms with Gasteiger partial charge in [-0.3, -0.25) is 14.5 Å². The van der Waals surface area contributed by atoms with Crippen LogP contribution in [0.2, 0.25) is 0 Å². The van der Waals surface area contributed by atoms with Crippen LogP contribution in [0.3, 0.4) is 0 Å². The van der Waals surface area contributed by atoms with Gasteiger partial charge in [0.2, 0.25) is 5.91 Å². The number of hydrazone groups is 1. The third-order valence-electron chi connectivity index (χ3n) is 5.14. The van der Waals surface area contributed by atoms with Crippen molar-refractivity contribution in [3.05, 3.63) is 102 Å². The summed E-state index contributed by atoms with van der Waals surface area (Å²) in [5, 5.41) is 6.55. The highest BCUT2D eigenvalue weighted by Gasteiger charge is 2.33. The Balaban J connectivity index is 1.97. The molecule has 0 spiro atoms. The number of rotatable bonds is 8. The first kappa shape index (κ1) is 27.4.